The molecule has 0 amide bonds. The molecule has 0 radical (unpaired) electrons. The lowest BCUT2D eigenvalue weighted by molar-refractivity contribution is -0.384. The second kappa shape index (κ2) is 6.64. The molecule has 12 heteroatoms. The highest BCUT2D eigenvalue weighted by molar-refractivity contribution is 5.73. The number of nitrogens with two attached hydrogens (primary N) is 1. The minimum atomic E-state index is -5.08. The standard InChI is InChI=1S/C9H12N4O3.C2HF3O2/c1-9(4-16-5-9)12-6-3-11-8(10)2-7(6)13(14)15;3-2(4,5)1(6)7/h2-3,12H,4-5H2,1H3,(H2,10,11);(H,6,7). The highest BCUT2D eigenvalue weighted by Gasteiger charge is 2.38. The van der Waals surface area contributed by atoms with Crippen LogP contribution in [0.15, 0.2) is 12.3 Å². The van der Waals surface area contributed by atoms with E-state index in [0.717, 1.165) is 0 Å². The Bertz CT molecular complexity index is 604. The normalized spacial score (nSPS) is 15.7. The molecule has 1 aromatic rings. The Labute approximate surface area is 127 Å². The molecule has 1 aliphatic heterocycles. The molecule has 128 valence electrons. The quantitative estimate of drug-likeness (QED) is 0.555. The predicted octanol–water partition coefficient (Wildman–Crippen LogP) is 1.41. The summed E-state index contributed by atoms with van der Waals surface area (Å²) in [4.78, 5) is 23.1. The van der Waals surface area contributed by atoms with E-state index in [4.69, 9.17) is 20.4 Å². The molecule has 1 aliphatic rings. The van der Waals surface area contributed by atoms with Crippen LogP contribution in [0.5, 0.6) is 0 Å². The number of rotatable bonds is 3. The topological polar surface area (TPSA) is 141 Å². The SMILES string of the molecule is CC1(Nc2cnc(N)cc2[N+](=O)[O-])COC1.O=C(O)C(F)(F)F. The molecule has 0 unspecified atom stereocenters. The number of nitrogen functional groups attached to an aromatic ring is 1. The van der Waals surface area contributed by atoms with E-state index in [2.05, 4.69) is 10.3 Å². The number of aromatic nitrogens is 1. The first kappa shape index (κ1) is 18.4. The zero-order chi connectivity index (χ0) is 17.8. The van der Waals surface area contributed by atoms with E-state index in [9.17, 15) is 23.3 Å². The number of hydrogen-bond donors (Lipinski definition) is 3. The second-order valence-corrected chi connectivity index (χ2v) is 4.86. The third-order valence-corrected chi connectivity index (χ3v) is 2.62. The van der Waals surface area contributed by atoms with Crippen LogP contribution in [0.25, 0.3) is 0 Å². The summed E-state index contributed by atoms with van der Waals surface area (Å²) in [6, 6.07) is 1.24. The van der Waals surface area contributed by atoms with Crippen LogP contribution in [0.3, 0.4) is 0 Å². The fraction of sp³-hybridized carbons (Fsp3) is 0.455. The lowest BCUT2D eigenvalue weighted by atomic mass is 10.0. The highest BCUT2D eigenvalue weighted by Crippen LogP contribution is 2.30. The number of alkyl halides is 3. The van der Waals surface area contributed by atoms with Gasteiger partial charge in [0.1, 0.15) is 11.5 Å². The van der Waals surface area contributed by atoms with E-state index in [1.54, 1.807) is 0 Å². The summed E-state index contributed by atoms with van der Waals surface area (Å²) in [6.07, 6.45) is -3.71. The van der Waals surface area contributed by atoms with Crippen LogP contribution >= 0.6 is 0 Å². The molecule has 0 aliphatic carbocycles. The number of ether oxygens (including phenoxy) is 1. The summed E-state index contributed by atoms with van der Waals surface area (Å²) in [5, 5.41) is 21.0. The summed E-state index contributed by atoms with van der Waals surface area (Å²) in [5.41, 5.74) is 5.44. The van der Waals surface area contributed by atoms with Crippen molar-refractivity contribution in [1.82, 2.24) is 4.98 Å². The lowest BCUT2D eigenvalue weighted by Crippen LogP contribution is -2.53. The molecular weight excluding hydrogens is 325 g/mol. The van der Waals surface area contributed by atoms with Gasteiger partial charge in [0.25, 0.3) is 5.69 Å². The van der Waals surface area contributed by atoms with Gasteiger partial charge in [-0.1, -0.05) is 0 Å². The highest BCUT2D eigenvalue weighted by atomic mass is 19.4. The minimum absolute atomic E-state index is 0.0689. The number of carbonyl (C=O) groups is 1. The number of pyridine rings is 1. The van der Waals surface area contributed by atoms with Crippen molar-refractivity contribution in [3.05, 3.63) is 22.4 Å². The first-order valence-electron chi connectivity index (χ1n) is 6.00. The number of nitrogens with zero attached hydrogens (tertiary/aromatic N) is 2. The third-order valence-electron chi connectivity index (χ3n) is 2.62. The molecule has 0 saturated carbocycles. The van der Waals surface area contributed by atoms with E-state index < -0.39 is 17.1 Å². The van der Waals surface area contributed by atoms with E-state index in [0.29, 0.717) is 18.9 Å². The Balaban J connectivity index is 0.000000322. The van der Waals surface area contributed by atoms with Crippen LogP contribution in [0.1, 0.15) is 6.92 Å². The largest absolute Gasteiger partial charge is 0.490 e. The number of halogens is 3. The molecule has 1 saturated heterocycles. The average Bonchev–Trinajstić information content (AvgIpc) is 2.38. The zero-order valence-corrected chi connectivity index (χ0v) is 11.8. The summed E-state index contributed by atoms with van der Waals surface area (Å²) >= 11 is 0. The molecule has 0 atom stereocenters. The van der Waals surface area contributed by atoms with E-state index >= 15 is 0 Å². The van der Waals surface area contributed by atoms with Gasteiger partial charge >= 0.3 is 12.1 Å². The van der Waals surface area contributed by atoms with Gasteiger partial charge in [0.15, 0.2) is 0 Å². The molecule has 0 bridgehead atoms. The molecule has 0 spiro atoms. The monoisotopic (exact) mass is 338 g/mol. The number of carboxylic acid groups (broad SMARTS) is 1. The van der Waals surface area contributed by atoms with Crippen molar-refractivity contribution in [3.63, 3.8) is 0 Å². The number of carboxylic acids is 1. The van der Waals surface area contributed by atoms with E-state index in [-0.39, 0.29) is 17.0 Å². The van der Waals surface area contributed by atoms with E-state index in [1.165, 1.54) is 12.3 Å². The van der Waals surface area contributed by atoms with Crippen LogP contribution in [0.2, 0.25) is 0 Å². The Morgan fingerprint density at radius 1 is 1.57 bits per heavy atom. The number of hydrogen-bond acceptors (Lipinski definition) is 7. The second-order valence-electron chi connectivity index (χ2n) is 4.86. The summed E-state index contributed by atoms with van der Waals surface area (Å²) in [7, 11) is 0. The molecule has 4 N–H and O–H groups in total. The smallest absolute Gasteiger partial charge is 0.475 e. The summed E-state index contributed by atoms with van der Waals surface area (Å²) in [6.45, 7) is 2.97. The third kappa shape index (κ3) is 5.25. The maximum atomic E-state index is 10.8. The van der Waals surface area contributed by atoms with Gasteiger partial charge in [-0.3, -0.25) is 10.1 Å². The van der Waals surface area contributed by atoms with Crippen LogP contribution in [-0.2, 0) is 9.53 Å². The predicted molar refractivity (Wildman–Crippen MR) is 71.8 cm³/mol. The molecule has 1 aromatic heterocycles. The number of nitrogens with one attached hydrogen (secondary N) is 1. The molecule has 9 nitrogen and oxygen atoms in total. The van der Waals surface area contributed by atoms with Crippen molar-refractivity contribution >= 4 is 23.2 Å². The average molecular weight is 338 g/mol. The van der Waals surface area contributed by atoms with Crippen LogP contribution in [0.4, 0.5) is 30.4 Å². The molecule has 2 heterocycles. The van der Waals surface area contributed by atoms with Gasteiger partial charge < -0.3 is 20.9 Å². The summed E-state index contributed by atoms with van der Waals surface area (Å²) < 4.78 is 36.8. The van der Waals surface area contributed by atoms with Gasteiger partial charge in [-0.05, 0) is 6.92 Å². The van der Waals surface area contributed by atoms with Gasteiger partial charge in [0.05, 0.1) is 35.9 Å². The summed E-state index contributed by atoms with van der Waals surface area (Å²) in [5.74, 6) is -2.63. The minimum Gasteiger partial charge on any atom is -0.475 e. The first-order chi connectivity index (χ1) is 10.4. The van der Waals surface area contributed by atoms with Crippen molar-refractivity contribution in [2.24, 2.45) is 0 Å². The van der Waals surface area contributed by atoms with E-state index in [1.807, 2.05) is 6.92 Å². The number of anilines is 2. The fourth-order valence-corrected chi connectivity index (χ4v) is 1.51. The van der Waals surface area contributed by atoms with Crippen molar-refractivity contribution in [3.8, 4) is 0 Å². The Morgan fingerprint density at radius 2 is 2.09 bits per heavy atom. The maximum Gasteiger partial charge on any atom is 0.490 e. The molecule has 2 rings (SSSR count). The Hall–Kier alpha value is -2.63. The molecule has 1 fully saturated rings. The maximum absolute atomic E-state index is 10.8. The van der Waals surface area contributed by atoms with Crippen LogP contribution < -0.4 is 11.1 Å². The zero-order valence-electron chi connectivity index (χ0n) is 11.8. The van der Waals surface area contributed by atoms with Crippen LogP contribution in [-0.4, -0.2) is 45.9 Å². The molecule has 23 heavy (non-hydrogen) atoms. The Kier molecular flexibility index (Phi) is 5.32. The van der Waals surface area contributed by atoms with Crippen molar-refractivity contribution in [2.45, 2.75) is 18.6 Å². The van der Waals surface area contributed by atoms with Crippen LogP contribution in [0, 0.1) is 10.1 Å². The van der Waals surface area contributed by atoms with Crippen molar-refractivity contribution in [1.29, 1.82) is 0 Å². The van der Waals surface area contributed by atoms with Gasteiger partial charge in [-0.15, -0.1) is 0 Å². The lowest BCUT2D eigenvalue weighted by Gasteiger charge is -2.39. The van der Waals surface area contributed by atoms with Gasteiger partial charge in [-0.2, -0.15) is 13.2 Å². The molecule has 0 aromatic carbocycles. The van der Waals surface area contributed by atoms with Crippen molar-refractivity contribution < 1.29 is 32.7 Å². The van der Waals surface area contributed by atoms with Gasteiger partial charge in [0.2, 0.25) is 0 Å². The Morgan fingerprint density at radius 3 is 2.43 bits per heavy atom. The van der Waals surface area contributed by atoms with Gasteiger partial charge in [-0.25, -0.2) is 9.78 Å². The number of nitro groups is 1. The number of aliphatic carboxylic acids is 1. The van der Waals surface area contributed by atoms with Crippen molar-refractivity contribution in [2.75, 3.05) is 24.3 Å². The van der Waals surface area contributed by atoms with Gasteiger partial charge in [0, 0.05) is 0 Å². The fourth-order valence-electron chi connectivity index (χ4n) is 1.51. The molecular formula is C11H13F3N4O5. The first-order valence-corrected chi connectivity index (χ1v) is 6.00.